The number of nitrogens with one attached hydrogen (secondary N) is 2. The maximum absolute atomic E-state index is 12.4. The summed E-state index contributed by atoms with van der Waals surface area (Å²) in [7, 11) is 0. The van der Waals surface area contributed by atoms with Crippen molar-refractivity contribution in [2.75, 3.05) is 0 Å². The molecular weight excluding hydrogens is 587 g/mol. The summed E-state index contributed by atoms with van der Waals surface area (Å²) in [5, 5.41) is 22.5. The van der Waals surface area contributed by atoms with Crippen LogP contribution < -0.4 is 11.4 Å². The van der Waals surface area contributed by atoms with Gasteiger partial charge in [-0.25, -0.2) is 9.59 Å². The van der Waals surface area contributed by atoms with Gasteiger partial charge in [-0.15, -0.1) is 0 Å². The largest absolute Gasteiger partial charge is 0.507 e. The molecule has 0 unspecified atom stereocenters. The molecule has 10 heteroatoms. The fourth-order valence-corrected chi connectivity index (χ4v) is 5.05. The van der Waals surface area contributed by atoms with Crippen LogP contribution in [0.1, 0.15) is 11.1 Å². The molecule has 0 atom stereocenters. The van der Waals surface area contributed by atoms with Crippen molar-refractivity contribution >= 4 is 23.2 Å². The molecule has 0 spiro atoms. The number of aromatic nitrogens is 4. The normalized spacial score (nSPS) is 11.0. The molecule has 0 aliphatic rings. The van der Waals surface area contributed by atoms with Gasteiger partial charge in [0.15, 0.2) is 0 Å². The van der Waals surface area contributed by atoms with Gasteiger partial charge in [-0.2, -0.15) is 9.97 Å². The van der Waals surface area contributed by atoms with Gasteiger partial charge in [0.1, 0.15) is 11.5 Å². The van der Waals surface area contributed by atoms with E-state index in [1.807, 2.05) is 0 Å². The smallest absolute Gasteiger partial charge is 0.345 e. The van der Waals surface area contributed by atoms with Crippen molar-refractivity contribution in [3.05, 3.63) is 139 Å². The molecule has 0 amide bonds. The Balaban J connectivity index is 1.34. The SMILES string of the molecule is O=c1nc(-c2ccc(Cl)cc2)cc(-c2cc(Cc3ccc(O)c(-c4cc(-c5ccc(Cl)cc5)nc(=O)[nH]4)c3)ccc2O)[nH]1. The summed E-state index contributed by atoms with van der Waals surface area (Å²) >= 11 is 12.0. The van der Waals surface area contributed by atoms with E-state index < -0.39 is 11.4 Å². The number of phenols is 2. The predicted molar refractivity (Wildman–Crippen MR) is 168 cm³/mol. The standard InChI is InChI=1S/C33H22Cl2N4O4/c34-22-7-3-20(4-8-22)26-16-28(38-32(42)36-26)24-14-18(1-11-30(24)40)13-19-2-12-31(41)25(15-19)29-17-27(37-33(43)39-29)21-5-9-23(35)10-6-21/h1-12,14-17,40-41H,13H2,(H,36,38,42)(H,37,39,43). The Morgan fingerprint density at radius 2 is 0.953 bits per heavy atom. The van der Waals surface area contributed by atoms with Crippen molar-refractivity contribution < 1.29 is 10.2 Å². The van der Waals surface area contributed by atoms with Crippen molar-refractivity contribution in [1.82, 2.24) is 19.9 Å². The zero-order valence-corrected chi connectivity index (χ0v) is 23.8. The number of aromatic hydroxyl groups is 2. The third kappa shape index (κ3) is 6.21. The van der Waals surface area contributed by atoms with Crippen molar-refractivity contribution in [1.29, 1.82) is 0 Å². The van der Waals surface area contributed by atoms with Crippen LogP contribution in [0, 0.1) is 0 Å². The molecule has 4 N–H and O–H groups in total. The number of hydrogen-bond acceptors (Lipinski definition) is 6. The van der Waals surface area contributed by atoms with Crippen molar-refractivity contribution in [3.63, 3.8) is 0 Å². The number of halogens is 2. The second kappa shape index (κ2) is 11.6. The van der Waals surface area contributed by atoms with E-state index in [1.54, 1.807) is 97.1 Å². The van der Waals surface area contributed by atoms with E-state index >= 15 is 0 Å². The molecule has 8 nitrogen and oxygen atoms in total. The molecule has 6 aromatic rings. The van der Waals surface area contributed by atoms with Crippen molar-refractivity contribution in [2.45, 2.75) is 6.42 Å². The Morgan fingerprint density at radius 3 is 1.35 bits per heavy atom. The van der Waals surface area contributed by atoms with Gasteiger partial charge in [-0.05, 0) is 78.2 Å². The Bertz CT molecular complexity index is 1940. The van der Waals surface area contributed by atoms with Gasteiger partial charge in [-0.1, -0.05) is 59.6 Å². The molecule has 0 aliphatic carbocycles. The van der Waals surface area contributed by atoms with Gasteiger partial charge in [0.25, 0.3) is 0 Å². The van der Waals surface area contributed by atoms with Crippen LogP contribution in [-0.2, 0) is 6.42 Å². The first-order valence-electron chi connectivity index (χ1n) is 13.1. The highest BCUT2D eigenvalue weighted by Gasteiger charge is 2.14. The molecule has 212 valence electrons. The average Bonchev–Trinajstić information content (AvgIpc) is 2.99. The van der Waals surface area contributed by atoms with Crippen LogP contribution in [-0.4, -0.2) is 30.1 Å². The number of hydrogen-bond donors (Lipinski definition) is 4. The number of nitrogens with zero attached hydrogens (tertiary/aromatic N) is 2. The van der Waals surface area contributed by atoms with Crippen LogP contribution >= 0.6 is 23.2 Å². The average molecular weight is 609 g/mol. The first-order chi connectivity index (χ1) is 20.7. The molecule has 4 aromatic carbocycles. The van der Waals surface area contributed by atoms with Crippen LogP contribution in [0.25, 0.3) is 45.0 Å². The van der Waals surface area contributed by atoms with E-state index in [0.29, 0.717) is 61.5 Å². The fourth-order valence-electron chi connectivity index (χ4n) is 4.80. The Hall–Kier alpha value is -5.18. The molecule has 0 radical (unpaired) electrons. The van der Waals surface area contributed by atoms with E-state index in [1.165, 1.54) is 0 Å². The van der Waals surface area contributed by atoms with Crippen LogP contribution in [0.5, 0.6) is 11.5 Å². The minimum absolute atomic E-state index is 0.0110. The van der Waals surface area contributed by atoms with Crippen LogP contribution in [0.3, 0.4) is 0 Å². The minimum atomic E-state index is -0.556. The number of H-pyrrole nitrogens is 2. The Kier molecular flexibility index (Phi) is 7.54. The molecular formula is C33H22Cl2N4O4. The Morgan fingerprint density at radius 1 is 0.558 bits per heavy atom. The topological polar surface area (TPSA) is 132 Å². The summed E-state index contributed by atoms with van der Waals surface area (Å²) in [4.78, 5) is 38.4. The maximum atomic E-state index is 12.4. The van der Waals surface area contributed by atoms with Gasteiger partial charge in [-0.3, -0.25) is 0 Å². The summed E-state index contributed by atoms with van der Waals surface area (Å²) in [5.41, 5.74) is 4.50. The van der Waals surface area contributed by atoms with Crippen LogP contribution in [0.15, 0.2) is 107 Å². The molecule has 2 aromatic heterocycles. The van der Waals surface area contributed by atoms with E-state index in [0.717, 1.165) is 11.1 Å². The number of benzene rings is 4. The van der Waals surface area contributed by atoms with Gasteiger partial charge < -0.3 is 20.2 Å². The highest BCUT2D eigenvalue weighted by atomic mass is 35.5. The molecule has 0 saturated heterocycles. The fraction of sp³-hybridized carbons (Fsp3) is 0.0303. The lowest BCUT2D eigenvalue weighted by Crippen LogP contribution is -2.12. The van der Waals surface area contributed by atoms with Gasteiger partial charge in [0.05, 0.1) is 22.8 Å². The van der Waals surface area contributed by atoms with E-state index in [4.69, 9.17) is 23.2 Å². The van der Waals surface area contributed by atoms with Crippen molar-refractivity contribution in [2.24, 2.45) is 0 Å². The number of phenolic OH excluding ortho intramolecular Hbond substituents is 2. The highest BCUT2D eigenvalue weighted by Crippen LogP contribution is 2.33. The summed E-state index contributed by atoms with van der Waals surface area (Å²) in [6, 6.07) is 27.5. The lowest BCUT2D eigenvalue weighted by Gasteiger charge is -2.12. The predicted octanol–water partition coefficient (Wildman–Crippen LogP) is 6.83. The second-order valence-corrected chi connectivity index (χ2v) is 10.7. The van der Waals surface area contributed by atoms with Gasteiger partial charge in [0.2, 0.25) is 0 Å². The van der Waals surface area contributed by atoms with Crippen molar-refractivity contribution in [3.8, 4) is 56.5 Å². The second-order valence-electron chi connectivity index (χ2n) is 9.86. The molecule has 2 heterocycles. The first kappa shape index (κ1) is 28.0. The quantitative estimate of drug-likeness (QED) is 0.164. The van der Waals surface area contributed by atoms with Crippen LogP contribution in [0.4, 0.5) is 0 Å². The zero-order valence-electron chi connectivity index (χ0n) is 22.3. The maximum Gasteiger partial charge on any atom is 0.345 e. The molecule has 0 bridgehead atoms. The zero-order chi connectivity index (χ0) is 30.1. The Labute approximate surface area is 254 Å². The summed E-state index contributed by atoms with van der Waals surface area (Å²) in [6.07, 6.45) is 0.430. The molecule has 6 rings (SSSR count). The first-order valence-corrected chi connectivity index (χ1v) is 13.9. The molecule has 0 saturated carbocycles. The van der Waals surface area contributed by atoms with E-state index in [-0.39, 0.29) is 11.5 Å². The third-order valence-corrected chi connectivity index (χ3v) is 7.38. The highest BCUT2D eigenvalue weighted by molar-refractivity contribution is 6.30. The van der Waals surface area contributed by atoms with E-state index in [9.17, 15) is 19.8 Å². The van der Waals surface area contributed by atoms with Gasteiger partial charge >= 0.3 is 11.4 Å². The van der Waals surface area contributed by atoms with E-state index in [2.05, 4.69) is 19.9 Å². The molecule has 43 heavy (non-hydrogen) atoms. The van der Waals surface area contributed by atoms with Gasteiger partial charge in [0, 0.05) is 32.3 Å². The lowest BCUT2D eigenvalue weighted by atomic mass is 9.97. The summed E-state index contributed by atoms with van der Waals surface area (Å²) in [6.45, 7) is 0. The monoisotopic (exact) mass is 608 g/mol. The summed E-state index contributed by atoms with van der Waals surface area (Å²) < 4.78 is 0. The molecule has 0 fully saturated rings. The van der Waals surface area contributed by atoms with Crippen LogP contribution in [0.2, 0.25) is 10.0 Å². The summed E-state index contributed by atoms with van der Waals surface area (Å²) in [5.74, 6) is -0.0220. The lowest BCUT2D eigenvalue weighted by molar-refractivity contribution is 0.476. The minimum Gasteiger partial charge on any atom is -0.507 e. The number of rotatable bonds is 6. The number of aromatic amines is 2. The third-order valence-electron chi connectivity index (χ3n) is 6.88. The molecule has 0 aliphatic heterocycles.